The lowest BCUT2D eigenvalue weighted by Crippen LogP contribution is -2.19. The smallest absolute Gasteiger partial charge is 0.496 e. The first kappa shape index (κ1) is 15.1. The van der Waals surface area contributed by atoms with Crippen molar-refractivity contribution >= 4 is 5.97 Å². The lowest BCUT2D eigenvalue weighted by Gasteiger charge is -2.13. The molecule has 0 saturated carbocycles. The molecule has 0 fully saturated rings. The molecule has 1 rings (SSSR count). The van der Waals surface area contributed by atoms with Crippen LogP contribution in [-0.2, 0) is 4.74 Å². The van der Waals surface area contributed by atoms with Gasteiger partial charge in [0.05, 0.1) is 13.7 Å². The fourth-order valence-electron chi connectivity index (χ4n) is 1.34. The minimum Gasteiger partial charge on any atom is -0.496 e. The number of carbonyl (C=O) groups excluding carboxylic acids is 1. The van der Waals surface area contributed by atoms with E-state index in [1.165, 1.54) is 14.0 Å². The van der Waals surface area contributed by atoms with Crippen molar-refractivity contribution < 1.29 is 32.2 Å². The lowest BCUT2D eigenvalue weighted by atomic mass is 10.2. The molecule has 1 heterocycles. The number of halogens is 3. The Hall–Kier alpha value is -1.99. The number of hydrogen-bond donors (Lipinski definition) is 0. The molecule has 19 heavy (non-hydrogen) atoms. The molecule has 0 aliphatic heterocycles. The molecule has 1 aromatic rings. The number of nitrogens with zero attached hydrogens (tertiary/aromatic N) is 1. The van der Waals surface area contributed by atoms with E-state index < -0.39 is 18.2 Å². The summed E-state index contributed by atoms with van der Waals surface area (Å²) in [5.74, 6) is -1.57. The van der Waals surface area contributed by atoms with Gasteiger partial charge >= 0.3 is 12.3 Å². The van der Waals surface area contributed by atoms with Crippen molar-refractivity contribution in [1.29, 1.82) is 0 Å². The third kappa shape index (κ3) is 4.01. The Morgan fingerprint density at radius 3 is 2.53 bits per heavy atom. The second kappa shape index (κ2) is 5.77. The zero-order chi connectivity index (χ0) is 14.6. The van der Waals surface area contributed by atoms with Crippen molar-refractivity contribution in [3.05, 3.63) is 17.3 Å². The number of hydrogen-bond acceptors (Lipinski definition) is 5. The molecule has 0 amide bonds. The number of alkyl halides is 3. The van der Waals surface area contributed by atoms with Crippen LogP contribution in [-0.4, -0.2) is 31.0 Å². The van der Waals surface area contributed by atoms with E-state index in [4.69, 9.17) is 9.47 Å². The number of ether oxygens (including phenoxy) is 3. The van der Waals surface area contributed by atoms with E-state index in [-0.39, 0.29) is 23.6 Å². The SMILES string of the molecule is CCOC(=O)c1nc(OC(F)(F)F)cc(OC)c1C. The number of rotatable bonds is 4. The predicted molar refractivity (Wildman–Crippen MR) is 58.2 cm³/mol. The lowest BCUT2D eigenvalue weighted by molar-refractivity contribution is -0.276. The minimum absolute atomic E-state index is 0.0531. The molecule has 0 radical (unpaired) electrons. The maximum Gasteiger partial charge on any atom is 0.574 e. The standard InChI is InChI=1S/C11H12F3NO4/c1-4-18-10(16)9-6(2)7(17-3)5-8(15-9)19-11(12,13)14/h5H,4H2,1-3H3. The van der Waals surface area contributed by atoms with Gasteiger partial charge in [-0.3, -0.25) is 0 Å². The molecule has 0 atom stereocenters. The van der Waals surface area contributed by atoms with E-state index in [0.29, 0.717) is 0 Å². The molecule has 1 aromatic heterocycles. The monoisotopic (exact) mass is 279 g/mol. The third-order valence-electron chi connectivity index (χ3n) is 2.11. The summed E-state index contributed by atoms with van der Waals surface area (Å²) < 4.78 is 49.7. The molecule has 0 N–H and O–H groups in total. The molecular weight excluding hydrogens is 267 g/mol. The first-order valence-electron chi connectivity index (χ1n) is 5.27. The highest BCUT2D eigenvalue weighted by molar-refractivity contribution is 5.89. The van der Waals surface area contributed by atoms with Gasteiger partial charge in [0, 0.05) is 11.6 Å². The predicted octanol–water partition coefficient (Wildman–Crippen LogP) is 2.47. The number of methoxy groups -OCH3 is 1. The number of aromatic nitrogens is 1. The summed E-state index contributed by atoms with van der Waals surface area (Å²) in [5.41, 5.74) is -0.00377. The molecule has 0 saturated heterocycles. The van der Waals surface area contributed by atoms with E-state index in [1.54, 1.807) is 6.92 Å². The van der Waals surface area contributed by atoms with Crippen LogP contribution < -0.4 is 9.47 Å². The summed E-state index contributed by atoms with van der Waals surface area (Å²) in [5, 5.41) is 0. The highest BCUT2D eigenvalue weighted by atomic mass is 19.4. The quantitative estimate of drug-likeness (QED) is 0.792. The van der Waals surface area contributed by atoms with Gasteiger partial charge in [-0.15, -0.1) is 13.2 Å². The Morgan fingerprint density at radius 1 is 1.42 bits per heavy atom. The van der Waals surface area contributed by atoms with Gasteiger partial charge in [0.15, 0.2) is 5.69 Å². The van der Waals surface area contributed by atoms with Crippen LogP contribution in [0.5, 0.6) is 11.6 Å². The van der Waals surface area contributed by atoms with Gasteiger partial charge in [-0.05, 0) is 13.8 Å². The van der Waals surface area contributed by atoms with Gasteiger partial charge in [0.1, 0.15) is 5.75 Å². The molecule has 106 valence electrons. The van der Waals surface area contributed by atoms with Crippen LogP contribution in [0.2, 0.25) is 0 Å². The van der Waals surface area contributed by atoms with Crippen molar-refractivity contribution in [2.75, 3.05) is 13.7 Å². The third-order valence-corrected chi connectivity index (χ3v) is 2.11. The van der Waals surface area contributed by atoms with Crippen LogP contribution >= 0.6 is 0 Å². The molecular formula is C11H12F3NO4. The molecule has 0 bridgehead atoms. The molecule has 5 nitrogen and oxygen atoms in total. The molecule has 0 spiro atoms. The summed E-state index contributed by atoms with van der Waals surface area (Å²) >= 11 is 0. The molecule has 8 heteroatoms. The van der Waals surface area contributed by atoms with E-state index in [9.17, 15) is 18.0 Å². The van der Waals surface area contributed by atoms with Crippen molar-refractivity contribution in [3.63, 3.8) is 0 Å². The second-order valence-corrected chi connectivity index (χ2v) is 3.40. The van der Waals surface area contributed by atoms with Crippen LogP contribution in [0.15, 0.2) is 6.07 Å². The summed E-state index contributed by atoms with van der Waals surface area (Å²) in [6, 6.07) is 0.950. The largest absolute Gasteiger partial charge is 0.574 e. The first-order chi connectivity index (χ1) is 8.78. The van der Waals surface area contributed by atoms with Crippen molar-refractivity contribution in [3.8, 4) is 11.6 Å². The Bertz CT molecular complexity index is 474. The maximum absolute atomic E-state index is 12.1. The highest BCUT2D eigenvalue weighted by Crippen LogP contribution is 2.29. The topological polar surface area (TPSA) is 57.7 Å². The summed E-state index contributed by atoms with van der Waals surface area (Å²) in [4.78, 5) is 15.1. The van der Waals surface area contributed by atoms with E-state index in [2.05, 4.69) is 9.72 Å². The Kier molecular flexibility index (Phi) is 4.57. The van der Waals surface area contributed by atoms with Gasteiger partial charge in [-0.1, -0.05) is 0 Å². The summed E-state index contributed by atoms with van der Waals surface area (Å²) in [6.45, 7) is 3.13. The van der Waals surface area contributed by atoms with Gasteiger partial charge in [-0.25, -0.2) is 9.78 Å². The van der Waals surface area contributed by atoms with Crippen molar-refractivity contribution in [2.45, 2.75) is 20.2 Å². The molecule has 0 aromatic carbocycles. The van der Waals surface area contributed by atoms with E-state index >= 15 is 0 Å². The van der Waals surface area contributed by atoms with Crippen LogP contribution in [0.3, 0.4) is 0 Å². The Labute approximate surface area is 107 Å². The van der Waals surface area contributed by atoms with Crippen molar-refractivity contribution in [2.24, 2.45) is 0 Å². The van der Waals surface area contributed by atoms with Gasteiger partial charge in [0.2, 0.25) is 5.88 Å². The Morgan fingerprint density at radius 2 is 2.05 bits per heavy atom. The molecule has 0 aliphatic rings. The zero-order valence-electron chi connectivity index (χ0n) is 10.5. The van der Waals surface area contributed by atoms with Crippen LogP contribution in [0, 0.1) is 6.92 Å². The van der Waals surface area contributed by atoms with Gasteiger partial charge in [0.25, 0.3) is 0 Å². The number of esters is 1. The number of pyridine rings is 1. The summed E-state index contributed by atoms with van der Waals surface area (Å²) in [7, 11) is 1.26. The normalized spacial score (nSPS) is 11.1. The first-order valence-corrected chi connectivity index (χ1v) is 5.27. The molecule has 0 aliphatic carbocycles. The van der Waals surface area contributed by atoms with Crippen LogP contribution in [0.25, 0.3) is 0 Å². The number of carbonyl (C=O) groups is 1. The maximum atomic E-state index is 12.1. The van der Waals surface area contributed by atoms with Crippen LogP contribution in [0.4, 0.5) is 13.2 Å². The fraction of sp³-hybridized carbons (Fsp3) is 0.455. The highest BCUT2D eigenvalue weighted by Gasteiger charge is 2.33. The summed E-state index contributed by atoms with van der Waals surface area (Å²) in [6.07, 6.45) is -4.90. The van der Waals surface area contributed by atoms with Gasteiger partial charge in [-0.2, -0.15) is 0 Å². The average molecular weight is 279 g/mol. The minimum atomic E-state index is -4.90. The fourth-order valence-corrected chi connectivity index (χ4v) is 1.34. The van der Waals surface area contributed by atoms with E-state index in [1.807, 2.05) is 0 Å². The van der Waals surface area contributed by atoms with Gasteiger partial charge < -0.3 is 14.2 Å². The van der Waals surface area contributed by atoms with E-state index in [0.717, 1.165) is 6.07 Å². The van der Waals surface area contributed by atoms with Crippen molar-refractivity contribution in [1.82, 2.24) is 4.98 Å². The zero-order valence-corrected chi connectivity index (χ0v) is 10.5. The molecule has 0 unspecified atom stereocenters. The average Bonchev–Trinajstić information content (AvgIpc) is 2.29. The second-order valence-electron chi connectivity index (χ2n) is 3.40. The van der Waals surface area contributed by atoms with Crippen LogP contribution in [0.1, 0.15) is 23.0 Å². The Balaban J connectivity index is 3.22.